The number of hydrogen-bond acceptors (Lipinski definition) is 5. The van der Waals surface area contributed by atoms with E-state index >= 15 is 0 Å². The summed E-state index contributed by atoms with van der Waals surface area (Å²) in [6, 6.07) is 0.595. The summed E-state index contributed by atoms with van der Waals surface area (Å²) in [4.78, 5) is 14.3. The summed E-state index contributed by atoms with van der Waals surface area (Å²) in [6.07, 6.45) is 0.900. The SMILES string of the molecule is CCCOc1nc(Cl)nc(N(C)C(C)C(C)C)n1. The lowest BCUT2D eigenvalue weighted by molar-refractivity contribution is 0.291. The number of hydrogen-bond donors (Lipinski definition) is 0. The Morgan fingerprint density at radius 1 is 1.22 bits per heavy atom. The Bertz CT molecular complexity index is 386. The van der Waals surface area contributed by atoms with Crippen LogP contribution in [0.1, 0.15) is 34.1 Å². The lowest BCUT2D eigenvalue weighted by Crippen LogP contribution is -2.34. The van der Waals surface area contributed by atoms with Crippen molar-refractivity contribution in [2.45, 2.75) is 40.2 Å². The van der Waals surface area contributed by atoms with Crippen LogP contribution in [-0.4, -0.2) is 34.6 Å². The molecule has 0 N–H and O–H groups in total. The first-order valence-corrected chi connectivity index (χ1v) is 6.60. The summed E-state index contributed by atoms with van der Waals surface area (Å²) in [5, 5.41) is 0.161. The topological polar surface area (TPSA) is 51.1 Å². The van der Waals surface area contributed by atoms with Gasteiger partial charge in [-0.2, -0.15) is 15.0 Å². The van der Waals surface area contributed by atoms with E-state index in [4.69, 9.17) is 16.3 Å². The van der Waals surface area contributed by atoms with Crippen molar-refractivity contribution in [2.75, 3.05) is 18.6 Å². The number of rotatable bonds is 6. The number of nitrogens with zero attached hydrogens (tertiary/aromatic N) is 4. The molecule has 18 heavy (non-hydrogen) atoms. The van der Waals surface area contributed by atoms with E-state index in [2.05, 4.69) is 35.7 Å². The number of ether oxygens (including phenoxy) is 1. The molecule has 1 rings (SSSR count). The van der Waals surface area contributed by atoms with Gasteiger partial charge in [0.25, 0.3) is 0 Å². The maximum atomic E-state index is 5.89. The van der Waals surface area contributed by atoms with Gasteiger partial charge in [-0.1, -0.05) is 20.8 Å². The van der Waals surface area contributed by atoms with Gasteiger partial charge < -0.3 is 9.64 Å². The summed E-state index contributed by atoms with van der Waals surface area (Å²) < 4.78 is 5.39. The fourth-order valence-electron chi connectivity index (χ4n) is 1.37. The van der Waals surface area contributed by atoms with E-state index in [9.17, 15) is 0 Å². The van der Waals surface area contributed by atoms with Crippen molar-refractivity contribution < 1.29 is 4.74 Å². The quantitative estimate of drug-likeness (QED) is 0.797. The minimum absolute atomic E-state index is 0.161. The molecule has 0 aliphatic heterocycles. The van der Waals surface area contributed by atoms with E-state index in [1.165, 1.54) is 0 Å². The minimum atomic E-state index is 0.161. The Morgan fingerprint density at radius 3 is 2.44 bits per heavy atom. The third-order valence-electron chi connectivity index (χ3n) is 2.90. The molecule has 0 aromatic carbocycles. The van der Waals surface area contributed by atoms with Gasteiger partial charge in [0, 0.05) is 13.1 Å². The first kappa shape index (κ1) is 15.0. The van der Waals surface area contributed by atoms with Gasteiger partial charge in [0.2, 0.25) is 11.2 Å². The third kappa shape index (κ3) is 3.98. The second-order valence-corrected chi connectivity index (χ2v) is 4.97. The fourth-order valence-corrected chi connectivity index (χ4v) is 1.51. The smallest absolute Gasteiger partial charge is 0.322 e. The van der Waals surface area contributed by atoms with Gasteiger partial charge in [-0.25, -0.2) is 0 Å². The average molecular weight is 273 g/mol. The molecule has 0 aliphatic rings. The summed E-state index contributed by atoms with van der Waals surface area (Å²) in [7, 11) is 1.94. The first-order chi connectivity index (χ1) is 8.45. The van der Waals surface area contributed by atoms with Crippen LogP contribution in [0.15, 0.2) is 0 Å². The number of aromatic nitrogens is 3. The standard InChI is InChI=1S/C12H21ClN4O/c1-6-7-18-12-15-10(13)14-11(16-12)17(5)9(4)8(2)3/h8-9H,6-7H2,1-5H3. The highest BCUT2D eigenvalue weighted by molar-refractivity contribution is 6.28. The second-order valence-electron chi connectivity index (χ2n) is 4.63. The van der Waals surface area contributed by atoms with E-state index in [1.807, 2.05) is 18.9 Å². The molecule has 6 heteroatoms. The lowest BCUT2D eigenvalue weighted by Gasteiger charge is -2.27. The van der Waals surface area contributed by atoms with Crippen molar-refractivity contribution in [2.24, 2.45) is 5.92 Å². The second kappa shape index (κ2) is 6.73. The highest BCUT2D eigenvalue weighted by Crippen LogP contribution is 2.18. The van der Waals surface area contributed by atoms with Crippen LogP contribution in [0.4, 0.5) is 5.95 Å². The monoisotopic (exact) mass is 272 g/mol. The van der Waals surface area contributed by atoms with Crippen LogP contribution in [0, 0.1) is 5.92 Å². The molecule has 1 aromatic rings. The molecule has 102 valence electrons. The van der Waals surface area contributed by atoms with E-state index in [0.717, 1.165) is 6.42 Å². The Hall–Kier alpha value is -1.10. The summed E-state index contributed by atoms with van der Waals surface area (Å²) in [5.74, 6) is 1.04. The number of anilines is 1. The Morgan fingerprint density at radius 2 is 1.89 bits per heavy atom. The zero-order valence-electron chi connectivity index (χ0n) is 11.6. The molecule has 0 aliphatic carbocycles. The van der Waals surface area contributed by atoms with Gasteiger partial charge in [-0.3, -0.25) is 0 Å². The highest BCUT2D eigenvalue weighted by atomic mass is 35.5. The largest absolute Gasteiger partial charge is 0.463 e. The molecule has 0 bridgehead atoms. The zero-order valence-corrected chi connectivity index (χ0v) is 12.4. The van der Waals surface area contributed by atoms with Gasteiger partial charge in [0.05, 0.1) is 6.61 Å². The summed E-state index contributed by atoms with van der Waals surface area (Å²) >= 11 is 5.89. The lowest BCUT2D eigenvalue weighted by atomic mass is 10.1. The summed E-state index contributed by atoms with van der Waals surface area (Å²) in [6.45, 7) is 9.02. The van der Waals surface area contributed by atoms with E-state index < -0.39 is 0 Å². The molecular weight excluding hydrogens is 252 g/mol. The molecule has 1 heterocycles. The van der Waals surface area contributed by atoms with Crippen LogP contribution in [-0.2, 0) is 0 Å². The predicted molar refractivity (Wildman–Crippen MR) is 73.3 cm³/mol. The Balaban J connectivity index is 2.91. The molecule has 1 aromatic heterocycles. The maximum absolute atomic E-state index is 5.89. The van der Waals surface area contributed by atoms with E-state index in [0.29, 0.717) is 24.5 Å². The molecule has 0 spiro atoms. The van der Waals surface area contributed by atoms with Crippen molar-refractivity contribution in [1.82, 2.24) is 15.0 Å². The van der Waals surface area contributed by atoms with Gasteiger partial charge in [0.15, 0.2) is 0 Å². The van der Waals surface area contributed by atoms with Crippen LogP contribution in [0.3, 0.4) is 0 Å². The Labute approximate surface area is 114 Å². The molecule has 0 amide bonds. The van der Waals surface area contributed by atoms with Crippen LogP contribution in [0.25, 0.3) is 0 Å². The maximum Gasteiger partial charge on any atom is 0.322 e. The summed E-state index contributed by atoms with van der Waals surface area (Å²) in [5.41, 5.74) is 0. The van der Waals surface area contributed by atoms with Gasteiger partial charge in [0.1, 0.15) is 0 Å². The molecule has 5 nitrogen and oxygen atoms in total. The van der Waals surface area contributed by atoms with Crippen LogP contribution in [0.5, 0.6) is 6.01 Å². The fraction of sp³-hybridized carbons (Fsp3) is 0.750. The minimum Gasteiger partial charge on any atom is -0.463 e. The van der Waals surface area contributed by atoms with Crippen molar-refractivity contribution >= 4 is 17.5 Å². The Kier molecular flexibility index (Phi) is 5.59. The van der Waals surface area contributed by atoms with E-state index in [1.54, 1.807) is 0 Å². The molecule has 0 fully saturated rings. The van der Waals surface area contributed by atoms with Crippen LogP contribution in [0.2, 0.25) is 5.28 Å². The molecule has 0 saturated carbocycles. The van der Waals surface area contributed by atoms with Gasteiger partial charge in [-0.05, 0) is 30.9 Å². The molecular formula is C12H21ClN4O. The normalized spacial score (nSPS) is 12.6. The van der Waals surface area contributed by atoms with Crippen LogP contribution < -0.4 is 9.64 Å². The molecule has 0 radical (unpaired) electrons. The average Bonchev–Trinajstić information content (AvgIpc) is 2.33. The van der Waals surface area contributed by atoms with Crippen molar-refractivity contribution in [1.29, 1.82) is 0 Å². The molecule has 1 unspecified atom stereocenters. The molecule has 1 atom stereocenters. The van der Waals surface area contributed by atoms with E-state index in [-0.39, 0.29) is 11.3 Å². The predicted octanol–water partition coefficient (Wildman–Crippen LogP) is 2.79. The van der Waals surface area contributed by atoms with Gasteiger partial charge in [-0.15, -0.1) is 0 Å². The van der Waals surface area contributed by atoms with Gasteiger partial charge >= 0.3 is 6.01 Å². The zero-order chi connectivity index (χ0) is 13.7. The van der Waals surface area contributed by atoms with Crippen molar-refractivity contribution in [3.8, 4) is 6.01 Å². The highest BCUT2D eigenvalue weighted by Gasteiger charge is 2.18. The van der Waals surface area contributed by atoms with Crippen LogP contribution >= 0.6 is 11.6 Å². The first-order valence-electron chi connectivity index (χ1n) is 6.22. The van der Waals surface area contributed by atoms with Crippen molar-refractivity contribution in [3.05, 3.63) is 5.28 Å². The number of halogens is 1. The van der Waals surface area contributed by atoms with Crippen molar-refractivity contribution in [3.63, 3.8) is 0 Å². The third-order valence-corrected chi connectivity index (χ3v) is 3.07. The molecule has 0 saturated heterocycles.